The fourth-order valence-corrected chi connectivity index (χ4v) is 18.4. The first-order valence-electron chi connectivity index (χ1n) is 36.7. The van der Waals surface area contributed by atoms with Gasteiger partial charge in [0, 0.05) is 65.2 Å². The molecule has 106 heavy (non-hydrogen) atoms. The summed E-state index contributed by atoms with van der Waals surface area (Å²) in [7, 11) is 0. The minimum Gasteiger partial charge on any atom is -0.309 e. The molecule has 0 saturated heterocycles. The molecule has 24 rings (SSSR count). The van der Waals surface area contributed by atoms with E-state index in [9.17, 15) is 0 Å². The molecule has 2 aliphatic rings. The van der Waals surface area contributed by atoms with Gasteiger partial charge < -0.3 is 18.3 Å². The van der Waals surface area contributed by atoms with Crippen LogP contribution in [0.3, 0.4) is 0 Å². The van der Waals surface area contributed by atoms with Crippen molar-refractivity contribution in [2.45, 2.75) is 0 Å². The van der Waals surface area contributed by atoms with Crippen molar-refractivity contribution >= 4 is 120 Å². The molecule has 0 radical (unpaired) electrons. The Morgan fingerprint density at radius 1 is 0.142 bits per heavy atom. The Hall–Kier alpha value is -14.1. The molecular formula is C102H62N4. The fraction of sp³-hybridized carbons (Fsp3) is 0. The van der Waals surface area contributed by atoms with Gasteiger partial charge in [0.15, 0.2) is 0 Å². The number of benzene rings is 18. The number of para-hydroxylation sites is 4. The molecule has 0 N–H and O–H groups in total. The van der Waals surface area contributed by atoms with Crippen molar-refractivity contribution in [3.05, 3.63) is 376 Å². The van der Waals surface area contributed by atoms with E-state index < -0.39 is 0 Å². The van der Waals surface area contributed by atoms with E-state index in [1.807, 2.05) is 0 Å². The maximum atomic E-state index is 2.47. The maximum absolute atomic E-state index is 2.47. The SMILES string of the molecule is c1ccc(-c2ccc(-n3c4ccccc4c4cc(-c5ccc6c(c5)c5ccccc5n6-c5ccc6c7c(cccc57)-c5ccccc5-6)ccc43)cc2)cc1.c1ccc2c(c1)-c1cccc3c(-n4c5ccccc5c5cc(-c6ccc7c(c6)c6ccccc6n7-c6ccc7ccccc7c6)ccc54)ccc-2c13. The third-order valence-corrected chi connectivity index (χ3v) is 23.1. The van der Waals surface area contributed by atoms with Crippen LogP contribution in [0.4, 0.5) is 0 Å². The van der Waals surface area contributed by atoms with Gasteiger partial charge in [-0.3, -0.25) is 0 Å². The molecular weight excluding hydrogens is 1280 g/mol. The minimum absolute atomic E-state index is 1.16. The molecule has 0 amide bonds. The number of hydrogen-bond donors (Lipinski definition) is 0. The second kappa shape index (κ2) is 22.7. The highest BCUT2D eigenvalue weighted by atomic mass is 15.0. The van der Waals surface area contributed by atoms with Crippen molar-refractivity contribution in [2.24, 2.45) is 0 Å². The summed E-state index contributed by atoms with van der Waals surface area (Å²) in [5.41, 5.74) is 32.4. The van der Waals surface area contributed by atoms with Gasteiger partial charge in [-0.2, -0.15) is 0 Å². The molecule has 0 bridgehead atoms. The lowest BCUT2D eigenvalue weighted by Crippen LogP contribution is -1.95. The highest BCUT2D eigenvalue weighted by molar-refractivity contribution is 6.22. The molecule has 2 aliphatic carbocycles. The molecule has 4 nitrogen and oxygen atoms in total. The van der Waals surface area contributed by atoms with Crippen molar-refractivity contribution in [1.29, 1.82) is 0 Å². The largest absolute Gasteiger partial charge is 0.309 e. The summed E-state index contributed by atoms with van der Waals surface area (Å²) in [6, 6.07) is 139. The van der Waals surface area contributed by atoms with E-state index in [1.54, 1.807) is 0 Å². The summed E-state index contributed by atoms with van der Waals surface area (Å²) < 4.78 is 9.76. The molecule has 490 valence electrons. The molecule has 0 unspecified atom stereocenters. The lowest BCUT2D eigenvalue weighted by Gasteiger charge is -2.13. The molecule has 0 saturated carbocycles. The van der Waals surface area contributed by atoms with Gasteiger partial charge in [-0.05, 0) is 209 Å². The molecule has 0 atom stereocenters. The van der Waals surface area contributed by atoms with Crippen molar-refractivity contribution in [2.75, 3.05) is 0 Å². The van der Waals surface area contributed by atoms with Crippen molar-refractivity contribution in [3.8, 4) is 101 Å². The monoisotopic (exact) mass is 1340 g/mol. The standard InChI is InChI=1S/C52H32N2.C50H30N2/c1-2-11-33(12-3-1)34-21-25-37(26-22-34)53-47-19-8-6-15-40(47)45-31-35(23-28-50(45)53)36-24-29-51-46(32-36)41-16-7-9-20-48(41)54(51)49-30-27-43-39-14-5-4-13-38(39)42-17-10-18-44(49)52(42)43;1-2-11-32-28-35(23-20-31(32)10-1)51-45-18-7-5-14-38(45)43-29-33(21-25-48(43)51)34-22-26-49-44(30-34)39-15-6-8-19-46(39)52(49)47-27-24-41-37-13-4-3-12-36(37)40-16-9-17-42(47)50(40)41/h1-32H;1-30H. The highest BCUT2D eigenvalue weighted by Gasteiger charge is 2.27. The van der Waals surface area contributed by atoms with Gasteiger partial charge in [-0.15, -0.1) is 0 Å². The van der Waals surface area contributed by atoms with E-state index in [-0.39, 0.29) is 0 Å². The summed E-state index contributed by atoms with van der Waals surface area (Å²) in [5, 5.41) is 17.8. The zero-order valence-electron chi connectivity index (χ0n) is 57.6. The topological polar surface area (TPSA) is 19.7 Å². The first kappa shape index (κ1) is 58.6. The quantitative estimate of drug-likeness (QED) is 0.152. The molecule has 0 spiro atoms. The van der Waals surface area contributed by atoms with Crippen LogP contribution in [0.2, 0.25) is 0 Å². The third kappa shape index (κ3) is 8.58. The Morgan fingerprint density at radius 3 is 0.887 bits per heavy atom. The van der Waals surface area contributed by atoms with Crippen LogP contribution in [0.1, 0.15) is 0 Å². The van der Waals surface area contributed by atoms with Crippen molar-refractivity contribution in [3.63, 3.8) is 0 Å². The van der Waals surface area contributed by atoms with Crippen LogP contribution in [0.5, 0.6) is 0 Å². The van der Waals surface area contributed by atoms with Gasteiger partial charge in [-0.25, -0.2) is 0 Å². The van der Waals surface area contributed by atoms with Gasteiger partial charge in [0.05, 0.1) is 55.5 Å². The van der Waals surface area contributed by atoms with Crippen LogP contribution < -0.4 is 0 Å². The fourth-order valence-electron chi connectivity index (χ4n) is 18.4. The highest BCUT2D eigenvalue weighted by Crippen LogP contribution is 2.52. The van der Waals surface area contributed by atoms with Crippen molar-refractivity contribution in [1.82, 2.24) is 18.3 Å². The number of fused-ring (bicyclic) bond motifs is 19. The molecule has 22 aromatic rings. The van der Waals surface area contributed by atoms with Crippen LogP contribution in [0, 0.1) is 0 Å². The van der Waals surface area contributed by atoms with E-state index >= 15 is 0 Å². The molecule has 18 aromatic carbocycles. The van der Waals surface area contributed by atoms with Gasteiger partial charge in [0.2, 0.25) is 0 Å². The number of rotatable bonds is 7. The minimum atomic E-state index is 1.16. The zero-order valence-corrected chi connectivity index (χ0v) is 57.6. The van der Waals surface area contributed by atoms with E-state index in [0.29, 0.717) is 0 Å². The van der Waals surface area contributed by atoms with Crippen LogP contribution in [0.15, 0.2) is 376 Å². The molecule has 0 fully saturated rings. The molecule has 4 aromatic heterocycles. The van der Waals surface area contributed by atoms with E-state index in [2.05, 4.69) is 394 Å². The van der Waals surface area contributed by atoms with Crippen molar-refractivity contribution < 1.29 is 0 Å². The Balaban J connectivity index is 0.000000129. The average Bonchev–Trinajstić information content (AvgIpc) is 1.56. The van der Waals surface area contributed by atoms with Crippen LogP contribution in [0.25, 0.3) is 220 Å². The van der Waals surface area contributed by atoms with Gasteiger partial charge in [0.1, 0.15) is 0 Å². The Labute approximate surface area is 610 Å². The van der Waals surface area contributed by atoms with Crippen LogP contribution >= 0.6 is 0 Å². The van der Waals surface area contributed by atoms with E-state index in [1.165, 1.54) is 214 Å². The number of hydrogen-bond acceptors (Lipinski definition) is 0. The van der Waals surface area contributed by atoms with Gasteiger partial charge in [0.25, 0.3) is 0 Å². The summed E-state index contributed by atoms with van der Waals surface area (Å²) in [6.45, 7) is 0. The lowest BCUT2D eigenvalue weighted by atomic mass is 10.0. The Morgan fingerprint density at radius 2 is 0.443 bits per heavy atom. The van der Waals surface area contributed by atoms with Crippen LogP contribution in [-0.2, 0) is 0 Å². The van der Waals surface area contributed by atoms with Gasteiger partial charge >= 0.3 is 0 Å². The Bertz CT molecular complexity index is 7440. The number of aromatic nitrogens is 4. The number of nitrogens with zero attached hydrogens (tertiary/aromatic N) is 4. The predicted octanol–water partition coefficient (Wildman–Crippen LogP) is 27.5. The third-order valence-electron chi connectivity index (χ3n) is 23.1. The van der Waals surface area contributed by atoms with Gasteiger partial charge in [-0.1, -0.05) is 267 Å². The maximum Gasteiger partial charge on any atom is 0.0541 e. The lowest BCUT2D eigenvalue weighted by molar-refractivity contribution is 1.18. The first-order valence-corrected chi connectivity index (χ1v) is 36.7. The second-order valence-corrected chi connectivity index (χ2v) is 28.6. The summed E-state index contributed by atoms with van der Waals surface area (Å²) in [5.74, 6) is 0. The first-order chi connectivity index (χ1) is 52.6. The normalized spacial score (nSPS) is 12.2. The summed E-state index contributed by atoms with van der Waals surface area (Å²) in [4.78, 5) is 0. The van der Waals surface area contributed by atoms with E-state index in [4.69, 9.17) is 0 Å². The molecule has 4 heterocycles. The Kier molecular flexibility index (Phi) is 12.6. The summed E-state index contributed by atoms with van der Waals surface area (Å²) >= 11 is 0. The summed E-state index contributed by atoms with van der Waals surface area (Å²) in [6.07, 6.45) is 0. The molecule has 0 aliphatic heterocycles. The second-order valence-electron chi connectivity index (χ2n) is 28.6. The smallest absolute Gasteiger partial charge is 0.0541 e. The van der Waals surface area contributed by atoms with E-state index in [0.717, 1.165) is 5.69 Å². The molecule has 4 heteroatoms. The predicted molar refractivity (Wildman–Crippen MR) is 448 cm³/mol. The average molecular weight is 1340 g/mol. The zero-order chi connectivity index (χ0) is 69.2. The van der Waals surface area contributed by atoms with Crippen LogP contribution in [-0.4, -0.2) is 18.3 Å².